The molecule has 0 saturated carbocycles. The third-order valence-electron chi connectivity index (χ3n) is 5.52. The Balaban J connectivity index is 1.56. The molecule has 0 radical (unpaired) electrons. The Morgan fingerprint density at radius 2 is 1.83 bits per heavy atom. The number of benzene rings is 1. The summed E-state index contributed by atoms with van der Waals surface area (Å²) in [6, 6.07) is 7.19. The molecule has 4 rings (SSSR count). The van der Waals surface area contributed by atoms with Crippen LogP contribution in [0.3, 0.4) is 0 Å². The highest BCUT2D eigenvalue weighted by molar-refractivity contribution is 6.03. The normalized spacial score (nSPS) is 19.1. The van der Waals surface area contributed by atoms with Crippen LogP contribution in [0.25, 0.3) is 5.78 Å². The maximum absolute atomic E-state index is 13.0. The first-order valence-corrected chi connectivity index (χ1v) is 10.2. The number of piperidine rings is 1. The van der Waals surface area contributed by atoms with Gasteiger partial charge in [-0.15, -0.1) is 5.10 Å². The minimum absolute atomic E-state index is 0.00502. The van der Waals surface area contributed by atoms with Crippen molar-refractivity contribution in [3.63, 3.8) is 0 Å². The van der Waals surface area contributed by atoms with Crippen LogP contribution in [0.2, 0.25) is 0 Å². The quantitative estimate of drug-likeness (QED) is 0.721. The van der Waals surface area contributed by atoms with E-state index < -0.39 is 5.91 Å². The molecule has 1 saturated heterocycles. The number of amides is 2. The second kappa shape index (κ2) is 7.85. The lowest BCUT2D eigenvalue weighted by Crippen LogP contribution is -2.42. The summed E-state index contributed by atoms with van der Waals surface area (Å²) in [5.74, 6) is 0.934. The molecule has 3 heterocycles. The number of hydrogen-bond donors (Lipinski definition) is 1. The molecule has 1 aromatic carbocycles. The van der Waals surface area contributed by atoms with Crippen LogP contribution in [0.5, 0.6) is 0 Å². The van der Waals surface area contributed by atoms with E-state index >= 15 is 0 Å². The van der Waals surface area contributed by atoms with Gasteiger partial charge in [-0.2, -0.15) is 4.98 Å². The van der Waals surface area contributed by atoms with Crippen LogP contribution in [0, 0.1) is 25.7 Å². The van der Waals surface area contributed by atoms with E-state index in [1.165, 1.54) is 4.52 Å². The van der Waals surface area contributed by atoms with Crippen LogP contribution >= 0.6 is 0 Å². The third kappa shape index (κ3) is 3.90. The number of aromatic nitrogens is 4. The highest BCUT2D eigenvalue weighted by Gasteiger charge is 2.26. The summed E-state index contributed by atoms with van der Waals surface area (Å²) >= 11 is 0. The van der Waals surface area contributed by atoms with E-state index in [2.05, 4.69) is 34.2 Å². The lowest BCUT2D eigenvalue weighted by molar-refractivity contribution is 0.0623. The van der Waals surface area contributed by atoms with Crippen molar-refractivity contribution < 1.29 is 9.59 Å². The topological polar surface area (TPSA) is 92.5 Å². The summed E-state index contributed by atoms with van der Waals surface area (Å²) in [5.41, 5.74) is 2.84. The van der Waals surface area contributed by atoms with Crippen LogP contribution < -0.4 is 5.32 Å². The van der Waals surface area contributed by atoms with Crippen LogP contribution in [0.1, 0.15) is 52.5 Å². The molecule has 1 aliphatic rings. The molecule has 0 unspecified atom stereocenters. The van der Waals surface area contributed by atoms with Crippen LogP contribution in [-0.4, -0.2) is 49.4 Å². The van der Waals surface area contributed by atoms with Crippen molar-refractivity contribution in [3.05, 3.63) is 53.1 Å². The Hall–Kier alpha value is -3.29. The summed E-state index contributed by atoms with van der Waals surface area (Å²) < 4.78 is 1.53. The van der Waals surface area contributed by atoms with E-state index in [-0.39, 0.29) is 11.7 Å². The van der Waals surface area contributed by atoms with Gasteiger partial charge in [0, 0.05) is 36.2 Å². The Kier molecular flexibility index (Phi) is 5.24. The Labute approximate surface area is 175 Å². The molecule has 2 amide bonds. The van der Waals surface area contributed by atoms with Crippen molar-refractivity contribution >= 4 is 23.3 Å². The molecule has 156 valence electrons. The zero-order chi connectivity index (χ0) is 21.4. The summed E-state index contributed by atoms with van der Waals surface area (Å²) in [6.45, 7) is 9.63. The van der Waals surface area contributed by atoms with Crippen molar-refractivity contribution in [3.8, 4) is 0 Å². The first-order valence-electron chi connectivity index (χ1n) is 10.2. The monoisotopic (exact) mass is 406 g/mol. The van der Waals surface area contributed by atoms with E-state index in [9.17, 15) is 9.59 Å². The van der Waals surface area contributed by atoms with Gasteiger partial charge in [-0.1, -0.05) is 19.9 Å². The second-order valence-electron chi connectivity index (χ2n) is 8.37. The number of aryl methyl sites for hydroxylation is 2. The first-order chi connectivity index (χ1) is 14.3. The van der Waals surface area contributed by atoms with Crippen molar-refractivity contribution in [2.45, 2.75) is 34.1 Å². The number of hydrogen-bond acceptors (Lipinski definition) is 5. The van der Waals surface area contributed by atoms with Gasteiger partial charge in [0.25, 0.3) is 17.6 Å². The summed E-state index contributed by atoms with van der Waals surface area (Å²) in [4.78, 5) is 36.0. The van der Waals surface area contributed by atoms with Gasteiger partial charge in [0.05, 0.1) is 0 Å². The van der Waals surface area contributed by atoms with E-state index in [0.29, 0.717) is 28.9 Å². The van der Waals surface area contributed by atoms with Gasteiger partial charge in [0.15, 0.2) is 0 Å². The number of nitrogens with zero attached hydrogens (tertiary/aromatic N) is 5. The standard InChI is InChI=1S/C22H26N6O2/c1-13-9-14(2)12-27(11-13)21(30)17-6-5-15(3)18(10-17)24-20(29)19-25-22-23-8-7-16(4)28(22)26-19/h5-8,10,13-14H,9,11-12H2,1-4H3,(H,24,29)/t13-,14+. The molecule has 0 aliphatic carbocycles. The lowest BCUT2D eigenvalue weighted by Gasteiger charge is -2.35. The summed E-state index contributed by atoms with van der Waals surface area (Å²) in [5, 5.41) is 7.09. The van der Waals surface area contributed by atoms with Gasteiger partial charge in [0.1, 0.15) is 0 Å². The largest absolute Gasteiger partial charge is 0.338 e. The van der Waals surface area contributed by atoms with Gasteiger partial charge in [-0.25, -0.2) is 9.50 Å². The number of carbonyl (C=O) groups is 2. The van der Waals surface area contributed by atoms with Crippen molar-refractivity contribution in [1.82, 2.24) is 24.5 Å². The molecule has 3 aromatic rings. The average Bonchev–Trinajstić information content (AvgIpc) is 3.14. The molecule has 8 heteroatoms. The molecule has 1 fully saturated rings. The molecule has 2 atom stereocenters. The van der Waals surface area contributed by atoms with Crippen molar-refractivity contribution in [1.29, 1.82) is 0 Å². The van der Waals surface area contributed by atoms with Gasteiger partial charge in [-0.3, -0.25) is 9.59 Å². The molecule has 1 aliphatic heterocycles. The fourth-order valence-corrected chi connectivity index (χ4v) is 4.08. The second-order valence-corrected chi connectivity index (χ2v) is 8.37. The molecule has 30 heavy (non-hydrogen) atoms. The van der Waals surface area contributed by atoms with E-state index in [4.69, 9.17) is 0 Å². The molecular weight excluding hydrogens is 380 g/mol. The zero-order valence-corrected chi connectivity index (χ0v) is 17.7. The maximum atomic E-state index is 13.0. The Morgan fingerprint density at radius 3 is 2.53 bits per heavy atom. The Bertz CT molecular complexity index is 1110. The van der Waals surface area contributed by atoms with E-state index in [0.717, 1.165) is 30.8 Å². The van der Waals surface area contributed by atoms with Crippen LogP contribution in [0.15, 0.2) is 30.5 Å². The SMILES string of the molecule is Cc1ccc(C(=O)N2C[C@H](C)C[C@H](C)C2)cc1NC(=O)c1nc2nccc(C)n2n1. The van der Waals surface area contributed by atoms with Crippen molar-refractivity contribution in [2.75, 3.05) is 18.4 Å². The number of anilines is 1. The first kappa shape index (κ1) is 20.0. The molecular formula is C22H26N6O2. The molecule has 8 nitrogen and oxygen atoms in total. The molecule has 1 N–H and O–H groups in total. The highest BCUT2D eigenvalue weighted by Crippen LogP contribution is 2.24. The number of rotatable bonds is 3. The number of carbonyl (C=O) groups excluding carboxylic acids is 2. The van der Waals surface area contributed by atoms with Crippen molar-refractivity contribution in [2.24, 2.45) is 11.8 Å². The molecule has 0 spiro atoms. The van der Waals surface area contributed by atoms with Gasteiger partial charge in [0.2, 0.25) is 5.82 Å². The van der Waals surface area contributed by atoms with E-state index in [1.807, 2.05) is 30.9 Å². The smallest absolute Gasteiger partial charge is 0.295 e. The minimum Gasteiger partial charge on any atom is -0.338 e. The maximum Gasteiger partial charge on any atom is 0.295 e. The predicted octanol–water partition coefficient (Wildman–Crippen LogP) is 3.11. The fraction of sp³-hybridized carbons (Fsp3) is 0.409. The van der Waals surface area contributed by atoms with Gasteiger partial charge >= 0.3 is 0 Å². The minimum atomic E-state index is -0.437. The number of likely N-dealkylation sites (tertiary alicyclic amines) is 1. The summed E-state index contributed by atoms with van der Waals surface area (Å²) in [6.07, 6.45) is 2.77. The fourth-order valence-electron chi connectivity index (χ4n) is 4.08. The zero-order valence-electron chi connectivity index (χ0n) is 17.7. The van der Waals surface area contributed by atoms with E-state index in [1.54, 1.807) is 18.3 Å². The third-order valence-corrected chi connectivity index (χ3v) is 5.52. The number of fused-ring (bicyclic) bond motifs is 1. The molecule has 0 bridgehead atoms. The van der Waals surface area contributed by atoms with Gasteiger partial charge in [-0.05, 0) is 55.9 Å². The number of nitrogens with one attached hydrogen (secondary N) is 1. The van der Waals surface area contributed by atoms with Crippen LogP contribution in [0.4, 0.5) is 5.69 Å². The van der Waals surface area contributed by atoms with Crippen LogP contribution in [-0.2, 0) is 0 Å². The lowest BCUT2D eigenvalue weighted by atomic mass is 9.91. The Morgan fingerprint density at radius 1 is 1.10 bits per heavy atom. The predicted molar refractivity (Wildman–Crippen MR) is 113 cm³/mol. The molecule has 2 aromatic heterocycles. The average molecular weight is 406 g/mol. The summed E-state index contributed by atoms with van der Waals surface area (Å²) in [7, 11) is 0. The highest BCUT2D eigenvalue weighted by atomic mass is 16.2. The van der Waals surface area contributed by atoms with Gasteiger partial charge < -0.3 is 10.2 Å².